The summed E-state index contributed by atoms with van der Waals surface area (Å²) in [6, 6.07) is 0. The largest absolute Gasteiger partial charge is 0.468 e. The van der Waals surface area contributed by atoms with Gasteiger partial charge in [0.05, 0.1) is 7.11 Å². The summed E-state index contributed by atoms with van der Waals surface area (Å²) in [6.07, 6.45) is 1.91. The van der Waals surface area contributed by atoms with Crippen LogP contribution in [-0.4, -0.2) is 50.2 Å². The van der Waals surface area contributed by atoms with E-state index < -0.39 is 5.54 Å². The molecular weight excluding hydrogens is 204 g/mol. The molecule has 0 spiro atoms. The molecule has 4 heteroatoms. The smallest absolute Gasteiger partial charge is 0.325 e. The first-order valence-electron chi connectivity index (χ1n) is 6.03. The van der Waals surface area contributed by atoms with E-state index in [2.05, 4.69) is 24.1 Å². The van der Waals surface area contributed by atoms with Crippen LogP contribution < -0.4 is 5.32 Å². The second kappa shape index (κ2) is 7.63. The molecule has 0 aromatic carbocycles. The summed E-state index contributed by atoms with van der Waals surface area (Å²) >= 11 is 0. The van der Waals surface area contributed by atoms with Crippen molar-refractivity contribution in [3.05, 3.63) is 0 Å². The van der Waals surface area contributed by atoms with E-state index in [-0.39, 0.29) is 5.97 Å². The minimum Gasteiger partial charge on any atom is -0.468 e. The monoisotopic (exact) mass is 230 g/mol. The third-order valence-corrected chi connectivity index (χ3v) is 3.10. The maximum absolute atomic E-state index is 11.6. The van der Waals surface area contributed by atoms with E-state index in [1.165, 1.54) is 7.11 Å². The highest BCUT2D eigenvalue weighted by molar-refractivity contribution is 5.80. The number of ether oxygens (including phenoxy) is 1. The molecule has 1 N–H and O–H groups in total. The number of hydrogen-bond acceptors (Lipinski definition) is 4. The van der Waals surface area contributed by atoms with E-state index in [1.807, 2.05) is 6.92 Å². The summed E-state index contributed by atoms with van der Waals surface area (Å²) in [5.74, 6) is -0.192. The molecule has 0 saturated carbocycles. The van der Waals surface area contributed by atoms with Crippen molar-refractivity contribution < 1.29 is 9.53 Å². The minimum absolute atomic E-state index is 0.192. The van der Waals surface area contributed by atoms with Crippen LogP contribution in [0.15, 0.2) is 0 Å². The van der Waals surface area contributed by atoms with Gasteiger partial charge in [0.1, 0.15) is 5.54 Å². The van der Waals surface area contributed by atoms with E-state index in [0.29, 0.717) is 0 Å². The van der Waals surface area contributed by atoms with E-state index in [1.54, 1.807) is 7.05 Å². The van der Waals surface area contributed by atoms with Gasteiger partial charge in [-0.2, -0.15) is 0 Å². The normalized spacial score (nSPS) is 14.9. The molecule has 4 nitrogen and oxygen atoms in total. The van der Waals surface area contributed by atoms with Gasteiger partial charge < -0.3 is 15.0 Å². The third kappa shape index (κ3) is 4.49. The fourth-order valence-electron chi connectivity index (χ4n) is 1.68. The zero-order chi connectivity index (χ0) is 12.6. The Hall–Kier alpha value is -0.610. The molecule has 0 aromatic rings. The maximum atomic E-state index is 11.6. The van der Waals surface area contributed by atoms with Crippen molar-refractivity contribution in [2.24, 2.45) is 0 Å². The fourth-order valence-corrected chi connectivity index (χ4v) is 1.68. The van der Waals surface area contributed by atoms with Crippen LogP contribution in [0.2, 0.25) is 0 Å². The SMILES string of the molecule is CCCN(CC)CCC(C)(NC)C(=O)OC. The van der Waals surface area contributed by atoms with Crippen molar-refractivity contribution in [1.29, 1.82) is 0 Å². The van der Waals surface area contributed by atoms with Gasteiger partial charge in [0.2, 0.25) is 0 Å². The number of carbonyl (C=O) groups is 1. The number of esters is 1. The summed E-state index contributed by atoms with van der Waals surface area (Å²) in [7, 11) is 3.23. The molecule has 0 aromatic heterocycles. The lowest BCUT2D eigenvalue weighted by Crippen LogP contribution is -2.50. The van der Waals surface area contributed by atoms with Gasteiger partial charge in [0, 0.05) is 6.54 Å². The minimum atomic E-state index is -0.574. The second-order valence-electron chi connectivity index (χ2n) is 4.26. The van der Waals surface area contributed by atoms with Crippen LogP contribution in [0.4, 0.5) is 0 Å². The van der Waals surface area contributed by atoms with Gasteiger partial charge in [-0.3, -0.25) is 4.79 Å². The van der Waals surface area contributed by atoms with Gasteiger partial charge in [-0.05, 0) is 39.9 Å². The highest BCUT2D eigenvalue weighted by Crippen LogP contribution is 2.12. The fraction of sp³-hybridized carbons (Fsp3) is 0.917. The molecule has 0 aliphatic carbocycles. The number of hydrogen-bond donors (Lipinski definition) is 1. The van der Waals surface area contributed by atoms with Crippen molar-refractivity contribution >= 4 is 5.97 Å². The zero-order valence-electron chi connectivity index (χ0n) is 11.3. The first-order chi connectivity index (χ1) is 7.53. The lowest BCUT2D eigenvalue weighted by Gasteiger charge is -2.29. The average molecular weight is 230 g/mol. The summed E-state index contributed by atoms with van der Waals surface area (Å²) in [5.41, 5.74) is -0.574. The molecule has 0 bridgehead atoms. The third-order valence-electron chi connectivity index (χ3n) is 3.10. The lowest BCUT2D eigenvalue weighted by atomic mass is 9.98. The Balaban J connectivity index is 4.26. The van der Waals surface area contributed by atoms with E-state index in [9.17, 15) is 4.79 Å². The van der Waals surface area contributed by atoms with Crippen molar-refractivity contribution in [2.45, 2.75) is 39.2 Å². The number of likely N-dealkylation sites (N-methyl/N-ethyl adjacent to an activating group) is 1. The Bertz CT molecular complexity index is 209. The van der Waals surface area contributed by atoms with Gasteiger partial charge in [-0.15, -0.1) is 0 Å². The molecule has 0 amide bonds. The van der Waals surface area contributed by atoms with Gasteiger partial charge in [-0.25, -0.2) is 0 Å². The molecule has 0 heterocycles. The Morgan fingerprint density at radius 3 is 2.38 bits per heavy atom. The molecule has 0 radical (unpaired) electrons. The molecule has 16 heavy (non-hydrogen) atoms. The molecule has 1 unspecified atom stereocenters. The van der Waals surface area contributed by atoms with Crippen LogP contribution in [0.25, 0.3) is 0 Å². The first kappa shape index (κ1) is 15.4. The summed E-state index contributed by atoms with van der Waals surface area (Å²) in [5, 5.41) is 3.05. The van der Waals surface area contributed by atoms with Gasteiger partial charge >= 0.3 is 5.97 Å². The average Bonchev–Trinajstić information content (AvgIpc) is 2.32. The Kier molecular flexibility index (Phi) is 7.34. The molecule has 0 aliphatic rings. The quantitative estimate of drug-likeness (QED) is 0.637. The number of nitrogens with zero attached hydrogens (tertiary/aromatic N) is 1. The lowest BCUT2D eigenvalue weighted by molar-refractivity contribution is -0.148. The van der Waals surface area contributed by atoms with Gasteiger partial charge in [0.15, 0.2) is 0 Å². The topological polar surface area (TPSA) is 41.6 Å². The summed E-state index contributed by atoms with van der Waals surface area (Å²) < 4.78 is 4.81. The Labute approximate surface area is 99.3 Å². The molecule has 0 rings (SSSR count). The van der Waals surface area contributed by atoms with Crippen LogP contribution in [-0.2, 0) is 9.53 Å². The van der Waals surface area contributed by atoms with Crippen LogP contribution in [0.3, 0.4) is 0 Å². The van der Waals surface area contributed by atoms with Crippen LogP contribution in [0, 0.1) is 0 Å². The molecule has 0 fully saturated rings. The molecule has 0 saturated heterocycles. The maximum Gasteiger partial charge on any atom is 0.325 e. The van der Waals surface area contributed by atoms with Gasteiger partial charge in [-0.1, -0.05) is 13.8 Å². The van der Waals surface area contributed by atoms with E-state index in [4.69, 9.17) is 4.74 Å². The van der Waals surface area contributed by atoms with E-state index >= 15 is 0 Å². The van der Waals surface area contributed by atoms with Crippen LogP contribution >= 0.6 is 0 Å². The van der Waals surface area contributed by atoms with Crippen molar-refractivity contribution in [1.82, 2.24) is 10.2 Å². The summed E-state index contributed by atoms with van der Waals surface area (Å²) in [4.78, 5) is 14.0. The van der Waals surface area contributed by atoms with Crippen molar-refractivity contribution in [3.63, 3.8) is 0 Å². The van der Waals surface area contributed by atoms with E-state index in [0.717, 1.165) is 32.5 Å². The number of nitrogens with one attached hydrogen (secondary N) is 1. The van der Waals surface area contributed by atoms with Crippen LogP contribution in [0.5, 0.6) is 0 Å². The predicted octanol–water partition coefficient (Wildman–Crippen LogP) is 1.26. The predicted molar refractivity (Wildman–Crippen MR) is 66.5 cm³/mol. The zero-order valence-corrected chi connectivity index (χ0v) is 11.3. The van der Waals surface area contributed by atoms with Gasteiger partial charge in [0.25, 0.3) is 0 Å². The first-order valence-corrected chi connectivity index (χ1v) is 6.03. The molecule has 96 valence electrons. The number of methoxy groups -OCH3 is 1. The number of carbonyl (C=O) groups excluding carboxylic acids is 1. The van der Waals surface area contributed by atoms with Crippen molar-refractivity contribution in [2.75, 3.05) is 33.8 Å². The van der Waals surface area contributed by atoms with Crippen molar-refractivity contribution in [3.8, 4) is 0 Å². The highest BCUT2D eigenvalue weighted by atomic mass is 16.5. The molecular formula is C12H26N2O2. The Morgan fingerprint density at radius 2 is 2.00 bits per heavy atom. The second-order valence-corrected chi connectivity index (χ2v) is 4.26. The van der Waals surface area contributed by atoms with Crippen LogP contribution in [0.1, 0.15) is 33.6 Å². The standard InChI is InChI=1S/C12H26N2O2/c1-6-9-14(7-2)10-8-12(3,13-4)11(15)16-5/h13H,6-10H2,1-5H3. The molecule has 0 aliphatic heterocycles. The molecule has 1 atom stereocenters. The highest BCUT2D eigenvalue weighted by Gasteiger charge is 2.32. The number of rotatable bonds is 8. The summed E-state index contributed by atoms with van der Waals surface area (Å²) in [6.45, 7) is 9.21. The Morgan fingerprint density at radius 1 is 1.38 bits per heavy atom.